The van der Waals surface area contributed by atoms with Crippen LogP contribution >= 0.6 is 11.6 Å². The van der Waals surface area contributed by atoms with Crippen molar-refractivity contribution in [3.63, 3.8) is 0 Å². The molecule has 14 heteroatoms. The Labute approximate surface area is 215 Å². The SMILES string of the molecule is CNC(=O)C1OC(n2cnc3c(NCc4cccc(Cl)n4)nc(-c4cncc(OC)c4)nc32)C(O)C1O. The van der Waals surface area contributed by atoms with Gasteiger partial charge in [-0.3, -0.25) is 14.3 Å². The number of nitrogens with zero attached hydrogens (tertiary/aromatic N) is 6. The molecule has 13 nitrogen and oxygen atoms in total. The van der Waals surface area contributed by atoms with E-state index in [9.17, 15) is 15.0 Å². The summed E-state index contributed by atoms with van der Waals surface area (Å²) in [5.74, 6) is 0.614. The van der Waals surface area contributed by atoms with Crippen molar-refractivity contribution >= 4 is 34.5 Å². The van der Waals surface area contributed by atoms with Crippen molar-refractivity contribution < 1.29 is 24.5 Å². The molecule has 1 saturated heterocycles. The Morgan fingerprint density at radius 2 is 2.05 bits per heavy atom. The van der Waals surface area contributed by atoms with Gasteiger partial charge in [-0.05, 0) is 18.2 Å². The molecule has 0 saturated carbocycles. The van der Waals surface area contributed by atoms with Crippen LogP contribution in [-0.2, 0) is 16.1 Å². The number of fused-ring (bicyclic) bond motifs is 1. The third kappa shape index (κ3) is 4.76. The molecule has 0 radical (unpaired) electrons. The molecule has 192 valence electrons. The van der Waals surface area contributed by atoms with E-state index in [0.29, 0.717) is 39.1 Å². The number of aliphatic hydroxyl groups excluding tert-OH is 2. The zero-order chi connectivity index (χ0) is 26.1. The Bertz CT molecular complexity index is 1450. The monoisotopic (exact) mass is 526 g/mol. The lowest BCUT2D eigenvalue weighted by Gasteiger charge is -2.17. The van der Waals surface area contributed by atoms with E-state index in [1.54, 1.807) is 30.6 Å². The number of ether oxygens (including phenoxy) is 2. The molecule has 4 unspecified atom stereocenters. The van der Waals surface area contributed by atoms with E-state index in [4.69, 9.17) is 21.1 Å². The Morgan fingerprint density at radius 3 is 2.81 bits per heavy atom. The van der Waals surface area contributed by atoms with Crippen molar-refractivity contribution in [2.75, 3.05) is 19.5 Å². The maximum Gasteiger partial charge on any atom is 0.251 e. The molecule has 1 aliphatic heterocycles. The summed E-state index contributed by atoms with van der Waals surface area (Å²) in [5, 5.41) is 27.1. The lowest BCUT2D eigenvalue weighted by atomic mass is 10.1. The first-order valence-corrected chi connectivity index (χ1v) is 11.6. The van der Waals surface area contributed by atoms with Gasteiger partial charge in [0, 0.05) is 18.8 Å². The maximum atomic E-state index is 12.1. The third-order valence-electron chi connectivity index (χ3n) is 5.86. The number of halogens is 1. The number of aromatic nitrogens is 6. The van der Waals surface area contributed by atoms with E-state index in [2.05, 4.69) is 35.6 Å². The van der Waals surface area contributed by atoms with E-state index in [-0.39, 0.29) is 12.4 Å². The lowest BCUT2D eigenvalue weighted by molar-refractivity contribution is -0.137. The standard InChI is InChI=1S/C23H23ClN8O5/c1-25-22(35)18-16(33)17(34)23(37-18)32-10-28-15-20(27-8-12-4-3-5-14(24)29-12)30-19(31-21(15)32)11-6-13(36-2)9-26-7-11/h3-7,9-10,16-18,23,33-34H,8H2,1-2H3,(H,25,35)(H,27,30,31). The summed E-state index contributed by atoms with van der Waals surface area (Å²) in [4.78, 5) is 34.3. The number of rotatable bonds is 7. The average Bonchev–Trinajstić information content (AvgIpc) is 3.47. The number of nitrogens with one attached hydrogen (secondary N) is 2. The summed E-state index contributed by atoms with van der Waals surface area (Å²) in [6.07, 6.45) is -0.712. The van der Waals surface area contributed by atoms with Gasteiger partial charge in [0.15, 0.2) is 35.1 Å². The fourth-order valence-corrected chi connectivity index (χ4v) is 4.16. The van der Waals surface area contributed by atoms with Crippen LogP contribution in [0.25, 0.3) is 22.6 Å². The summed E-state index contributed by atoms with van der Waals surface area (Å²) in [6, 6.07) is 7.00. The highest BCUT2D eigenvalue weighted by atomic mass is 35.5. The molecule has 1 aliphatic rings. The highest BCUT2D eigenvalue weighted by molar-refractivity contribution is 6.29. The molecule has 4 aromatic heterocycles. The topological polar surface area (TPSA) is 169 Å². The molecule has 5 rings (SSSR count). The van der Waals surface area contributed by atoms with E-state index in [1.165, 1.54) is 25.1 Å². The summed E-state index contributed by atoms with van der Waals surface area (Å²) >= 11 is 6.02. The van der Waals surface area contributed by atoms with Gasteiger partial charge in [0.2, 0.25) is 0 Å². The van der Waals surface area contributed by atoms with Crippen LogP contribution in [0, 0.1) is 0 Å². The lowest BCUT2D eigenvalue weighted by Crippen LogP contribution is -2.41. The predicted molar refractivity (Wildman–Crippen MR) is 132 cm³/mol. The number of imidazole rings is 1. The zero-order valence-electron chi connectivity index (χ0n) is 19.7. The first-order valence-electron chi connectivity index (χ1n) is 11.2. The Kier molecular flexibility index (Phi) is 6.84. The van der Waals surface area contributed by atoms with Crippen LogP contribution in [0.15, 0.2) is 43.0 Å². The number of aliphatic hydroxyl groups is 2. The van der Waals surface area contributed by atoms with Crippen molar-refractivity contribution in [1.82, 2.24) is 34.8 Å². The zero-order valence-corrected chi connectivity index (χ0v) is 20.5. The van der Waals surface area contributed by atoms with Crippen molar-refractivity contribution in [3.8, 4) is 17.1 Å². The van der Waals surface area contributed by atoms with Crippen LogP contribution in [0.3, 0.4) is 0 Å². The molecule has 37 heavy (non-hydrogen) atoms. The third-order valence-corrected chi connectivity index (χ3v) is 6.07. The van der Waals surface area contributed by atoms with Crippen LogP contribution in [0.4, 0.5) is 5.82 Å². The predicted octanol–water partition coefficient (Wildman–Crippen LogP) is 0.923. The van der Waals surface area contributed by atoms with Gasteiger partial charge in [0.1, 0.15) is 23.1 Å². The van der Waals surface area contributed by atoms with E-state index >= 15 is 0 Å². The van der Waals surface area contributed by atoms with E-state index in [1.807, 2.05) is 6.07 Å². The van der Waals surface area contributed by atoms with E-state index in [0.717, 1.165) is 0 Å². The van der Waals surface area contributed by atoms with Crippen LogP contribution in [0.1, 0.15) is 11.9 Å². The first kappa shape index (κ1) is 24.8. The maximum absolute atomic E-state index is 12.1. The molecule has 0 spiro atoms. The molecule has 5 heterocycles. The smallest absolute Gasteiger partial charge is 0.251 e. The first-order chi connectivity index (χ1) is 17.9. The Hall–Kier alpha value is -3.91. The van der Waals surface area contributed by atoms with Gasteiger partial charge in [-0.2, -0.15) is 0 Å². The summed E-state index contributed by atoms with van der Waals surface area (Å²) in [5.41, 5.74) is 1.90. The Balaban J connectivity index is 1.59. The van der Waals surface area contributed by atoms with Crippen LogP contribution in [0.2, 0.25) is 5.15 Å². The fourth-order valence-electron chi connectivity index (χ4n) is 3.98. The summed E-state index contributed by atoms with van der Waals surface area (Å²) < 4.78 is 12.5. The Morgan fingerprint density at radius 1 is 1.22 bits per heavy atom. The van der Waals surface area contributed by atoms with Gasteiger partial charge in [0.05, 0.1) is 31.9 Å². The molecule has 4 aromatic rings. The van der Waals surface area contributed by atoms with Gasteiger partial charge in [0.25, 0.3) is 5.91 Å². The van der Waals surface area contributed by atoms with Crippen molar-refractivity contribution in [2.24, 2.45) is 0 Å². The number of hydrogen-bond acceptors (Lipinski definition) is 11. The number of pyridine rings is 2. The van der Waals surface area contributed by atoms with Crippen LogP contribution in [-0.4, -0.2) is 78.1 Å². The fraction of sp³-hybridized carbons (Fsp3) is 0.304. The molecule has 4 atom stereocenters. The number of carbonyl (C=O) groups excluding carboxylic acids is 1. The number of amides is 1. The van der Waals surface area contributed by atoms with Gasteiger partial charge in [-0.15, -0.1) is 0 Å². The second-order valence-electron chi connectivity index (χ2n) is 8.18. The molecule has 0 aromatic carbocycles. The summed E-state index contributed by atoms with van der Waals surface area (Å²) in [6.45, 7) is 0.287. The van der Waals surface area contributed by atoms with Crippen LogP contribution < -0.4 is 15.4 Å². The minimum atomic E-state index is -1.45. The molecule has 1 fully saturated rings. The second-order valence-corrected chi connectivity index (χ2v) is 8.57. The van der Waals surface area contributed by atoms with Gasteiger partial charge >= 0.3 is 0 Å². The highest BCUT2D eigenvalue weighted by Crippen LogP contribution is 2.34. The van der Waals surface area contributed by atoms with Crippen molar-refractivity contribution in [3.05, 3.63) is 53.8 Å². The van der Waals surface area contributed by atoms with Crippen LogP contribution in [0.5, 0.6) is 5.75 Å². The number of likely N-dealkylation sites (N-methyl/N-ethyl adjacent to an activating group) is 1. The minimum absolute atomic E-state index is 0.287. The summed E-state index contributed by atoms with van der Waals surface area (Å²) in [7, 11) is 2.94. The van der Waals surface area contributed by atoms with E-state index < -0.39 is 30.4 Å². The van der Waals surface area contributed by atoms with Gasteiger partial charge in [-0.1, -0.05) is 17.7 Å². The number of hydrogen-bond donors (Lipinski definition) is 4. The molecule has 4 N–H and O–H groups in total. The highest BCUT2D eigenvalue weighted by Gasteiger charge is 2.47. The normalized spacial score (nSPS) is 21.2. The second kappa shape index (κ2) is 10.2. The molecule has 0 bridgehead atoms. The van der Waals surface area contributed by atoms with Crippen molar-refractivity contribution in [1.29, 1.82) is 0 Å². The minimum Gasteiger partial charge on any atom is -0.495 e. The largest absolute Gasteiger partial charge is 0.495 e. The number of carbonyl (C=O) groups is 1. The molecule has 0 aliphatic carbocycles. The van der Waals surface area contributed by atoms with Crippen molar-refractivity contribution in [2.45, 2.75) is 31.1 Å². The molecule has 1 amide bonds. The molecular weight excluding hydrogens is 504 g/mol. The quantitative estimate of drug-likeness (QED) is 0.252. The number of methoxy groups -OCH3 is 1. The average molecular weight is 527 g/mol. The van der Waals surface area contributed by atoms with Gasteiger partial charge < -0.3 is 30.3 Å². The molecular formula is C23H23ClN8O5. The van der Waals surface area contributed by atoms with Gasteiger partial charge in [-0.25, -0.2) is 19.9 Å². The number of anilines is 1.